The van der Waals surface area contributed by atoms with Gasteiger partial charge in [-0.05, 0) is 25.8 Å². The van der Waals surface area contributed by atoms with E-state index in [9.17, 15) is 14.7 Å². The second kappa shape index (κ2) is 10.2. The third-order valence-electron chi connectivity index (χ3n) is 4.22. The van der Waals surface area contributed by atoms with Gasteiger partial charge in [-0.2, -0.15) is 0 Å². The number of aliphatic carboxylic acids is 1. The third-order valence-corrected chi connectivity index (χ3v) is 5.10. The summed E-state index contributed by atoms with van der Waals surface area (Å²) in [4.78, 5) is 30.2. The number of hydrogen-bond donors (Lipinski definition) is 1. The summed E-state index contributed by atoms with van der Waals surface area (Å²) in [5, 5.41) is 11.7. The number of ether oxygens (including phenoxy) is 1. The zero-order valence-corrected chi connectivity index (χ0v) is 16.8. The molecule has 1 heterocycles. The molecule has 1 atom stereocenters. The Hall–Kier alpha value is -2.25. The number of benzene rings is 1. The van der Waals surface area contributed by atoms with Gasteiger partial charge in [-0.1, -0.05) is 31.2 Å². The van der Waals surface area contributed by atoms with Crippen LogP contribution in [0.4, 0.5) is 0 Å². The predicted molar refractivity (Wildman–Crippen MR) is 106 cm³/mol. The molecule has 0 saturated carbocycles. The lowest BCUT2D eigenvalue weighted by molar-refractivity contribution is -0.141. The Morgan fingerprint density at radius 3 is 2.74 bits per heavy atom. The Kier molecular flexibility index (Phi) is 7.94. The Morgan fingerprint density at radius 2 is 2.07 bits per heavy atom. The summed E-state index contributed by atoms with van der Waals surface area (Å²) < 4.78 is 5.33. The maximum Gasteiger partial charge on any atom is 0.308 e. The molecule has 1 unspecified atom stereocenters. The molecule has 27 heavy (non-hydrogen) atoms. The minimum absolute atomic E-state index is 0.150. The fourth-order valence-corrected chi connectivity index (χ4v) is 3.54. The van der Waals surface area contributed by atoms with Gasteiger partial charge in [0.15, 0.2) is 0 Å². The fraction of sp³-hybridized carbons (Fsp3) is 0.450. The molecule has 146 valence electrons. The van der Waals surface area contributed by atoms with Crippen LogP contribution in [0.3, 0.4) is 0 Å². The van der Waals surface area contributed by atoms with E-state index in [0.717, 1.165) is 16.1 Å². The normalized spacial score (nSPS) is 12.0. The van der Waals surface area contributed by atoms with Crippen LogP contribution in [0.2, 0.25) is 0 Å². The standard InChI is InChI=1S/C20H26N2O4S/c1-4-26-11-7-10-22(12-15(3)20(24)25)19(23)17-13-27-18(21-17)16-9-6-5-8-14(16)2/h5-6,8-9,13,15H,4,7,10-12H2,1-3H3,(H,24,25). The highest BCUT2D eigenvalue weighted by molar-refractivity contribution is 7.13. The van der Waals surface area contributed by atoms with Crippen LogP contribution in [-0.2, 0) is 9.53 Å². The summed E-state index contributed by atoms with van der Waals surface area (Å²) >= 11 is 1.42. The number of aromatic nitrogens is 1. The molecule has 0 fully saturated rings. The van der Waals surface area contributed by atoms with Crippen LogP contribution >= 0.6 is 11.3 Å². The van der Waals surface area contributed by atoms with Gasteiger partial charge in [-0.25, -0.2) is 4.98 Å². The van der Waals surface area contributed by atoms with Gasteiger partial charge in [0.25, 0.3) is 5.91 Å². The summed E-state index contributed by atoms with van der Waals surface area (Å²) in [7, 11) is 0. The average molecular weight is 391 g/mol. The lowest BCUT2D eigenvalue weighted by Gasteiger charge is -2.23. The minimum atomic E-state index is -0.920. The smallest absolute Gasteiger partial charge is 0.308 e. The highest BCUT2D eigenvalue weighted by Crippen LogP contribution is 2.27. The lowest BCUT2D eigenvalue weighted by atomic mass is 10.1. The van der Waals surface area contributed by atoms with Crippen molar-refractivity contribution in [2.75, 3.05) is 26.3 Å². The molecule has 7 heteroatoms. The molecule has 2 aromatic rings. The maximum atomic E-state index is 12.9. The van der Waals surface area contributed by atoms with E-state index in [4.69, 9.17) is 4.74 Å². The van der Waals surface area contributed by atoms with Gasteiger partial charge in [0.1, 0.15) is 10.7 Å². The van der Waals surface area contributed by atoms with Crippen LogP contribution in [0, 0.1) is 12.8 Å². The van der Waals surface area contributed by atoms with E-state index < -0.39 is 11.9 Å². The molecule has 0 aliphatic rings. The monoisotopic (exact) mass is 390 g/mol. The number of carboxylic acids is 1. The van der Waals surface area contributed by atoms with Gasteiger partial charge in [0.2, 0.25) is 0 Å². The van der Waals surface area contributed by atoms with Gasteiger partial charge in [-0.3, -0.25) is 9.59 Å². The number of rotatable bonds is 10. The molecular formula is C20H26N2O4S. The number of hydrogen-bond acceptors (Lipinski definition) is 5. The second-order valence-electron chi connectivity index (χ2n) is 6.39. The van der Waals surface area contributed by atoms with Crippen molar-refractivity contribution in [3.8, 4) is 10.6 Å². The number of carboxylic acid groups (broad SMARTS) is 1. The Labute approximate surface area is 163 Å². The van der Waals surface area contributed by atoms with E-state index in [1.54, 1.807) is 17.2 Å². The number of aryl methyl sites for hydroxylation is 1. The Bertz CT molecular complexity index is 775. The van der Waals surface area contributed by atoms with Crippen molar-refractivity contribution in [1.82, 2.24) is 9.88 Å². The summed E-state index contributed by atoms with van der Waals surface area (Å²) in [5.74, 6) is -1.80. The molecule has 6 nitrogen and oxygen atoms in total. The largest absolute Gasteiger partial charge is 0.481 e. The molecule has 1 aromatic heterocycles. The molecule has 2 rings (SSSR count). The van der Waals surface area contributed by atoms with Crippen molar-refractivity contribution < 1.29 is 19.4 Å². The summed E-state index contributed by atoms with van der Waals surface area (Å²) in [6.45, 7) is 7.26. The summed E-state index contributed by atoms with van der Waals surface area (Å²) in [5.41, 5.74) is 2.45. The average Bonchev–Trinajstić information content (AvgIpc) is 3.13. The van der Waals surface area contributed by atoms with Crippen LogP contribution in [0.25, 0.3) is 10.6 Å². The number of nitrogens with zero attached hydrogens (tertiary/aromatic N) is 2. The number of carbonyl (C=O) groups is 2. The molecule has 0 saturated heterocycles. The Balaban J connectivity index is 2.16. The van der Waals surface area contributed by atoms with E-state index in [2.05, 4.69) is 4.98 Å². The highest BCUT2D eigenvalue weighted by atomic mass is 32.1. The zero-order valence-electron chi connectivity index (χ0n) is 16.0. The third kappa shape index (κ3) is 5.87. The van der Waals surface area contributed by atoms with Gasteiger partial charge >= 0.3 is 5.97 Å². The number of thiazole rings is 1. The van der Waals surface area contributed by atoms with Crippen molar-refractivity contribution in [3.63, 3.8) is 0 Å². The van der Waals surface area contributed by atoms with Crippen LogP contribution < -0.4 is 0 Å². The SMILES string of the molecule is CCOCCCN(CC(C)C(=O)O)C(=O)c1csc(-c2ccccc2C)n1. The predicted octanol–water partition coefficient (Wildman–Crippen LogP) is 3.71. The van der Waals surface area contributed by atoms with E-state index in [-0.39, 0.29) is 12.5 Å². The first kappa shape index (κ1) is 21.1. The molecular weight excluding hydrogens is 364 g/mol. The van der Waals surface area contributed by atoms with E-state index in [0.29, 0.717) is 31.9 Å². The second-order valence-corrected chi connectivity index (χ2v) is 7.25. The first-order chi connectivity index (χ1) is 12.9. The first-order valence-corrected chi connectivity index (χ1v) is 9.93. The van der Waals surface area contributed by atoms with Gasteiger partial charge in [-0.15, -0.1) is 11.3 Å². The van der Waals surface area contributed by atoms with E-state index in [1.165, 1.54) is 11.3 Å². The minimum Gasteiger partial charge on any atom is -0.481 e. The van der Waals surface area contributed by atoms with E-state index in [1.807, 2.05) is 38.1 Å². The van der Waals surface area contributed by atoms with Crippen molar-refractivity contribution in [2.45, 2.75) is 27.2 Å². The molecule has 0 aliphatic carbocycles. The summed E-state index contributed by atoms with van der Waals surface area (Å²) in [6.07, 6.45) is 0.653. The van der Waals surface area contributed by atoms with E-state index >= 15 is 0 Å². The Morgan fingerprint density at radius 1 is 1.33 bits per heavy atom. The number of carbonyl (C=O) groups excluding carboxylic acids is 1. The van der Waals surface area contributed by atoms with Crippen LogP contribution in [-0.4, -0.2) is 53.2 Å². The molecule has 0 spiro atoms. The van der Waals surface area contributed by atoms with Crippen molar-refractivity contribution in [3.05, 3.63) is 40.9 Å². The topological polar surface area (TPSA) is 79.7 Å². The lowest BCUT2D eigenvalue weighted by Crippen LogP contribution is -2.38. The molecule has 0 bridgehead atoms. The van der Waals surface area contributed by atoms with Crippen molar-refractivity contribution in [1.29, 1.82) is 0 Å². The number of amides is 1. The van der Waals surface area contributed by atoms with Crippen LogP contribution in [0.5, 0.6) is 0 Å². The fourth-order valence-electron chi connectivity index (χ4n) is 2.66. The van der Waals surface area contributed by atoms with Crippen molar-refractivity contribution >= 4 is 23.2 Å². The highest BCUT2D eigenvalue weighted by Gasteiger charge is 2.23. The zero-order chi connectivity index (χ0) is 19.8. The quantitative estimate of drug-likeness (QED) is 0.626. The molecule has 1 aromatic carbocycles. The first-order valence-electron chi connectivity index (χ1n) is 9.05. The molecule has 1 N–H and O–H groups in total. The van der Waals surface area contributed by atoms with Crippen LogP contribution in [0.1, 0.15) is 36.3 Å². The maximum absolute atomic E-state index is 12.9. The molecule has 0 radical (unpaired) electrons. The van der Waals surface area contributed by atoms with Crippen molar-refractivity contribution in [2.24, 2.45) is 5.92 Å². The molecule has 1 amide bonds. The molecule has 0 aliphatic heterocycles. The van der Waals surface area contributed by atoms with Gasteiger partial charge < -0.3 is 14.7 Å². The van der Waals surface area contributed by atoms with Crippen LogP contribution in [0.15, 0.2) is 29.6 Å². The van der Waals surface area contributed by atoms with Gasteiger partial charge in [0, 0.05) is 37.2 Å². The summed E-state index contributed by atoms with van der Waals surface area (Å²) in [6, 6.07) is 7.90. The van der Waals surface area contributed by atoms with Gasteiger partial charge in [0.05, 0.1) is 5.92 Å².